The van der Waals surface area contributed by atoms with E-state index in [1.54, 1.807) is 0 Å². The van der Waals surface area contributed by atoms with Crippen LogP contribution in [0.15, 0.2) is 12.2 Å². The maximum absolute atomic E-state index is 11.2. The van der Waals surface area contributed by atoms with Crippen molar-refractivity contribution in [3.05, 3.63) is 12.2 Å². The molecule has 0 fully saturated rings. The maximum Gasteiger partial charge on any atom is 0.325 e. The third-order valence-corrected chi connectivity index (χ3v) is 0.449. The molecule has 0 aliphatic heterocycles. The third-order valence-electron chi connectivity index (χ3n) is 0.449. The van der Waals surface area contributed by atoms with E-state index in [0.717, 1.165) is 6.08 Å². The lowest BCUT2D eigenvalue weighted by molar-refractivity contribution is -0.124. The van der Waals surface area contributed by atoms with Crippen molar-refractivity contribution in [2.75, 3.05) is 0 Å². The lowest BCUT2D eigenvalue weighted by atomic mass is 10.4. The molecule has 0 saturated heterocycles. The average molecular weight is 116 g/mol. The van der Waals surface area contributed by atoms with Crippen molar-refractivity contribution in [3.63, 3.8) is 0 Å². The summed E-state index contributed by atoms with van der Waals surface area (Å²) in [5.74, 6) is -0.337. The van der Waals surface area contributed by atoms with E-state index >= 15 is 0 Å². The van der Waals surface area contributed by atoms with Crippen LogP contribution in [0.3, 0.4) is 0 Å². The van der Waals surface area contributed by atoms with Gasteiger partial charge >= 0.3 is 6.04 Å². The smallest absolute Gasteiger partial charge is 0.295 e. The van der Waals surface area contributed by atoms with Crippen molar-refractivity contribution in [3.8, 4) is 0 Å². The quantitative estimate of drug-likeness (QED) is 0.391. The summed E-state index contributed by atoms with van der Waals surface area (Å²) in [6, 6.07) is -1.60. The van der Waals surface area contributed by atoms with Gasteiger partial charge in [-0.15, -0.1) is 0 Å². The Morgan fingerprint density at radius 3 is 2.00 bits per heavy atom. The third kappa shape index (κ3) is 5.01. The van der Waals surface area contributed by atoms with Crippen molar-refractivity contribution < 1.29 is 14.0 Å². The highest BCUT2D eigenvalue weighted by atomic mass is 19.1. The van der Waals surface area contributed by atoms with Gasteiger partial charge in [0.25, 0.3) is 0 Å². The van der Waals surface area contributed by atoms with Crippen LogP contribution in [0, 0.1) is 0 Å². The molecule has 0 radical (unpaired) electrons. The van der Waals surface area contributed by atoms with Crippen molar-refractivity contribution in [2.24, 2.45) is 0 Å². The molecule has 0 unspecified atom stereocenters. The molecule has 0 aliphatic carbocycles. The van der Waals surface area contributed by atoms with Crippen LogP contribution >= 0.6 is 0 Å². The van der Waals surface area contributed by atoms with Gasteiger partial charge in [-0.25, -0.2) is 0 Å². The highest BCUT2D eigenvalue weighted by Crippen LogP contribution is 1.77. The molecule has 0 saturated carbocycles. The van der Waals surface area contributed by atoms with E-state index in [9.17, 15) is 14.0 Å². The summed E-state index contributed by atoms with van der Waals surface area (Å²) in [5, 5.41) is 0. The number of hydrogen-bond donors (Lipinski definition) is 0. The van der Waals surface area contributed by atoms with E-state index in [1.165, 1.54) is 6.92 Å². The Morgan fingerprint density at radius 1 is 1.38 bits per heavy atom. The SMILES string of the molecule is CC(=O)/C=C\C(=O)F. The molecule has 3 heteroatoms. The van der Waals surface area contributed by atoms with E-state index in [-0.39, 0.29) is 5.78 Å². The molecule has 0 bridgehead atoms. The lowest BCUT2D eigenvalue weighted by Gasteiger charge is -1.72. The van der Waals surface area contributed by atoms with Gasteiger partial charge in [-0.1, -0.05) is 0 Å². The van der Waals surface area contributed by atoms with Crippen molar-refractivity contribution in [2.45, 2.75) is 6.92 Å². The van der Waals surface area contributed by atoms with Crippen LogP contribution in [0.25, 0.3) is 0 Å². The molecule has 0 rings (SSSR count). The minimum absolute atomic E-state index is 0.337. The Bertz CT molecular complexity index is 121. The summed E-state index contributed by atoms with van der Waals surface area (Å²) < 4.78 is 11.2. The van der Waals surface area contributed by atoms with E-state index in [4.69, 9.17) is 0 Å². The molecule has 0 aromatic heterocycles. The highest BCUT2D eigenvalue weighted by Gasteiger charge is 1.87. The number of allylic oxidation sites excluding steroid dienone is 2. The normalized spacial score (nSPS) is 9.75. The lowest BCUT2D eigenvalue weighted by Crippen LogP contribution is -1.83. The first-order valence-corrected chi connectivity index (χ1v) is 2.01. The Hall–Kier alpha value is -0.990. The van der Waals surface area contributed by atoms with Gasteiger partial charge in [0.15, 0.2) is 5.78 Å². The van der Waals surface area contributed by atoms with Crippen LogP contribution in [-0.2, 0) is 9.59 Å². The van der Waals surface area contributed by atoms with Crippen LogP contribution in [0.1, 0.15) is 6.92 Å². The van der Waals surface area contributed by atoms with Crippen molar-refractivity contribution >= 4 is 11.8 Å². The molecule has 8 heavy (non-hydrogen) atoms. The molecule has 0 spiro atoms. The molecule has 0 aromatic carbocycles. The molecular formula is C5H5FO2. The first-order chi connectivity index (χ1) is 3.63. The number of carbonyl (C=O) groups is 2. The molecule has 0 aliphatic rings. The van der Waals surface area contributed by atoms with Crippen molar-refractivity contribution in [1.82, 2.24) is 0 Å². The number of halogens is 1. The zero-order valence-electron chi connectivity index (χ0n) is 4.35. The van der Waals surface area contributed by atoms with Crippen LogP contribution in [0.4, 0.5) is 4.39 Å². The monoisotopic (exact) mass is 116 g/mol. The van der Waals surface area contributed by atoms with Gasteiger partial charge in [0.05, 0.1) is 0 Å². The molecule has 0 atom stereocenters. The van der Waals surface area contributed by atoms with E-state index in [2.05, 4.69) is 0 Å². The van der Waals surface area contributed by atoms with Gasteiger partial charge in [0.1, 0.15) is 0 Å². The second-order valence-electron chi connectivity index (χ2n) is 1.25. The first kappa shape index (κ1) is 7.01. The molecule has 2 nitrogen and oxygen atoms in total. The van der Waals surface area contributed by atoms with Crippen LogP contribution in [0.5, 0.6) is 0 Å². The van der Waals surface area contributed by atoms with Crippen molar-refractivity contribution in [1.29, 1.82) is 0 Å². The topological polar surface area (TPSA) is 34.1 Å². The molecule has 0 aromatic rings. The van der Waals surface area contributed by atoms with Gasteiger partial charge in [-0.05, 0) is 13.0 Å². The number of ketones is 1. The van der Waals surface area contributed by atoms with Gasteiger partial charge < -0.3 is 0 Å². The summed E-state index contributed by atoms with van der Waals surface area (Å²) in [6.45, 7) is 1.24. The maximum atomic E-state index is 11.2. The van der Waals surface area contributed by atoms with Gasteiger partial charge in [0, 0.05) is 6.08 Å². The fourth-order valence-corrected chi connectivity index (χ4v) is 0.183. The fraction of sp³-hybridized carbons (Fsp3) is 0.200. The highest BCUT2D eigenvalue weighted by molar-refractivity contribution is 5.93. The van der Waals surface area contributed by atoms with Gasteiger partial charge in [-0.3, -0.25) is 9.59 Å². The standard InChI is InChI=1S/C5H5FO2/c1-4(7)2-3-5(6)8/h2-3H,1H3/b3-2-. The van der Waals surface area contributed by atoms with Crippen LogP contribution in [0.2, 0.25) is 0 Å². The molecule has 0 amide bonds. The fourth-order valence-electron chi connectivity index (χ4n) is 0.183. The van der Waals surface area contributed by atoms with E-state index in [0.29, 0.717) is 6.08 Å². The number of carbonyl (C=O) groups excluding carboxylic acids is 2. The summed E-state index contributed by atoms with van der Waals surface area (Å²) in [4.78, 5) is 19.4. The van der Waals surface area contributed by atoms with E-state index in [1.807, 2.05) is 0 Å². The largest absolute Gasteiger partial charge is 0.325 e. The number of hydrogen-bond acceptors (Lipinski definition) is 2. The molecule has 0 N–H and O–H groups in total. The summed E-state index contributed by atoms with van der Waals surface area (Å²) in [5.41, 5.74) is 0. The Balaban J connectivity index is 3.67. The predicted molar refractivity (Wildman–Crippen MR) is 25.9 cm³/mol. The zero-order chi connectivity index (χ0) is 6.57. The minimum atomic E-state index is -1.60. The van der Waals surface area contributed by atoms with Gasteiger partial charge in [-0.2, -0.15) is 4.39 Å². The van der Waals surface area contributed by atoms with Crippen LogP contribution in [-0.4, -0.2) is 11.8 Å². The minimum Gasteiger partial charge on any atom is -0.295 e. The summed E-state index contributed by atoms with van der Waals surface area (Å²) in [7, 11) is 0. The predicted octanol–water partition coefficient (Wildman–Crippen LogP) is 0.628. The Morgan fingerprint density at radius 2 is 1.88 bits per heavy atom. The summed E-state index contributed by atoms with van der Waals surface area (Å²) in [6.07, 6.45) is 1.46. The molecule has 44 valence electrons. The first-order valence-electron chi connectivity index (χ1n) is 2.01. The Kier molecular flexibility index (Phi) is 2.69. The second kappa shape index (κ2) is 3.07. The second-order valence-corrected chi connectivity index (χ2v) is 1.25. The number of rotatable bonds is 2. The van der Waals surface area contributed by atoms with Gasteiger partial charge in [0.2, 0.25) is 0 Å². The zero-order valence-corrected chi connectivity index (χ0v) is 4.35. The molecule has 0 heterocycles. The Labute approximate surface area is 46.0 Å². The average Bonchev–Trinajstić information content (AvgIpc) is 1.61. The summed E-state index contributed by atoms with van der Waals surface area (Å²) >= 11 is 0. The van der Waals surface area contributed by atoms with Crippen LogP contribution < -0.4 is 0 Å². The molecular weight excluding hydrogens is 111 g/mol. The van der Waals surface area contributed by atoms with E-state index < -0.39 is 6.04 Å².